The van der Waals surface area contributed by atoms with Crippen LogP contribution in [-0.2, 0) is 4.79 Å². The minimum Gasteiger partial charge on any atom is -0.359 e. The molecule has 0 saturated heterocycles. The zero-order valence-corrected chi connectivity index (χ0v) is 16.7. The Morgan fingerprint density at radius 3 is 2.59 bits per heavy atom. The van der Waals surface area contributed by atoms with E-state index in [0.717, 1.165) is 37.7 Å². The molecule has 0 heterocycles. The second kappa shape index (κ2) is 9.45. The molecule has 27 heavy (non-hydrogen) atoms. The van der Waals surface area contributed by atoms with Crippen molar-refractivity contribution in [3.63, 3.8) is 0 Å². The lowest BCUT2D eigenvalue weighted by atomic mass is 9.85. The van der Waals surface area contributed by atoms with Gasteiger partial charge in [0.15, 0.2) is 0 Å². The summed E-state index contributed by atoms with van der Waals surface area (Å²) in [6, 6.07) is 7.67. The second-order valence-electron chi connectivity index (χ2n) is 7.87. The van der Waals surface area contributed by atoms with E-state index in [1.165, 1.54) is 12.8 Å². The third kappa shape index (κ3) is 5.38. The Kier molecular flexibility index (Phi) is 7.00. The van der Waals surface area contributed by atoms with Gasteiger partial charge in [-0.3, -0.25) is 4.79 Å². The number of hydrogen-bond donors (Lipinski definition) is 3. The fourth-order valence-electron chi connectivity index (χ4n) is 4.60. The number of urea groups is 1. The van der Waals surface area contributed by atoms with E-state index in [0.29, 0.717) is 17.4 Å². The largest absolute Gasteiger partial charge is 0.359 e. The van der Waals surface area contributed by atoms with Crippen LogP contribution < -0.4 is 16.0 Å². The number of rotatable bonds is 5. The molecular formula is C21H30ClN3O2. The molecule has 2 aliphatic rings. The molecule has 1 aromatic rings. The monoisotopic (exact) mass is 391 g/mol. The summed E-state index contributed by atoms with van der Waals surface area (Å²) in [4.78, 5) is 24.6. The Bertz CT molecular complexity index is 661. The fourth-order valence-corrected chi connectivity index (χ4v) is 4.79. The Labute approximate surface area is 166 Å². The maximum absolute atomic E-state index is 12.7. The summed E-state index contributed by atoms with van der Waals surface area (Å²) in [6.07, 6.45) is 8.16. The van der Waals surface area contributed by atoms with Gasteiger partial charge in [0.2, 0.25) is 5.91 Å². The predicted octanol–water partition coefficient (Wildman–Crippen LogP) is 4.18. The predicted molar refractivity (Wildman–Crippen MR) is 108 cm³/mol. The van der Waals surface area contributed by atoms with Crippen molar-refractivity contribution in [1.29, 1.82) is 0 Å². The molecule has 3 atom stereocenters. The molecule has 148 valence electrons. The van der Waals surface area contributed by atoms with Crippen molar-refractivity contribution in [3.05, 3.63) is 34.9 Å². The summed E-state index contributed by atoms with van der Waals surface area (Å²) < 4.78 is 0. The second-order valence-corrected chi connectivity index (χ2v) is 8.31. The number of carbonyl (C=O) groups is 2. The highest BCUT2D eigenvalue weighted by molar-refractivity contribution is 6.30. The van der Waals surface area contributed by atoms with Crippen LogP contribution in [-0.4, -0.2) is 25.0 Å². The van der Waals surface area contributed by atoms with Gasteiger partial charge in [0.1, 0.15) is 0 Å². The van der Waals surface area contributed by atoms with Crippen molar-refractivity contribution in [1.82, 2.24) is 16.0 Å². The van der Waals surface area contributed by atoms with Gasteiger partial charge in [0.05, 0.1) is 6.04 Å². The van der Waals surface area contributed by atoms with E-state index in [1.807, 2.05) is 24.3 Å². The highest BCUT2D eigenvalue weighted by Gasteiger charge is 2.30. The van der Waals surface area contributed by atoms with Crippen LogP contribution in [0.3, 0.4) is 0 Å². The van der Waals surface area contributed by atoms with Gasteiger partial charge in [-0.1, -0.05) is 43.0 Å². The summed E-state index contributed by atoms with van der Waals surface area (Å²) in [5.74, 6) is 0.511. The van der Waals surface area contributed by atoms with Crippen molar-refractivity contribution in [3.8, 4) is 0 Å². The third-order valence-electron chi connectivity index (χ3n) is 5.99. The topological polar surface area (TPSA) is 70.2 Å². The van der Waals surface area contributed by atoms with Gasteiger partial charge >= 0.3 is 6.03 Å². The van der Waals surface area contributed by atoms with Crippen LogP contribution >= 0.6 is 11.6 Å². The number of amides is 3. The first-order valence-corrected chi connectivity index (χ1v) is 10.5. The van der Waals surface area contributed by atoms with Crippen molar-refractivity contribution in [2.24, 2.45) is 11.8 Å². The number of benzene rings is 1. The maximum Gasteiger partial charge on any atom is 0.315 e. The molecule has 3 rings (SSSR count). The highest BCUT2D eigenvalue weighted by Crippen LogP contribution is 2.36. The van der Waals surface area contributed by atoms with E-state index in [9.17, 15) is 9.59 Å². The van der Waals surface area contributed by atoms with Crippen LogP contribution in [0.1, 0.15) is 63.0 Å². The third-order valence-corrected chi connectivity index (χ3v) is 6.23. The Balaban J connectivity index is 1.63. The maximum atomic E-state index is 12.7. The molecule has 6 heteroatoms. The molecule has 2 saturated carbocycles. The summed E-state index contributed by atoms with van der Waals surface area (Å²) in [7, 11) is 1.67. The van der Waals surface area contributed by atoms with Gasteiger partial charge in [-0.25, -0.2) is 4.79 Å². The standard InChI is InChI=1S/C21H30ClN3O2/c1-23-20(26)16-9-5-11-18(13-16)24-21(27)25-19(14-6-2-3-7-14)15-8-4-10-17(22)12-15/h4,8,10,12,14,16,18-19H,2-3,5-7,9,11,13H2,1H3,(H,23,26)(H2,24,25,27). The molecule has 3 unspecified atom stereocenters. The van der Waals surface area contributed by atoms with Crippen LogP contribution in [0.4, 0.5) is 4.79 Å². The number of hydrogen-bond acceptors (Lipinski definition) is 2. The van der Waals surface area contributed by atoms with Crippen molar-refractivity contribution in [2.45, 2.75) is 63.5 Å². The van der Waals surface area contributed by atoms with Crippen LogP contribution in [0.25, 0.3) is 0 Å². The molecular weight excluding hydrogens is 362 g/mol. The summed E-state index contributed by atoms with van der Waals surface area (Å²) in [5.41, 5.74) is 1.07. The van der Waals surface area contributed by atoms with E-state index < -0.39 is 0 Å². The van der Waals surface area contributed by atoms with Gasteiger partial charge in [-0.05, 0) is 55.7 Å². The zero-order chi connectivity index (χ0) is 19.2. The van der Waals surface area contributed by atoms with Crippen molar-refractivity contribution >= 4 is 23.5 Å². The quantitative estimate of drug-likeness (QED) is 0.704. The zero-order valence-electron chi connectivity index (χ0n) is 16.0. The first kappa shape index (κ1) is 20.0. The van der Waals surface area contributed by atoms with Gasteiger partial charge < -0.3 is 16.0 Å². The lowest BCUT2D eigenvalue weighted by Gasteiger charge is -2.31. The summed E-state index contributed by atoms with van der Waals surface area (Å²) >= 11 is 6.18. The fraction of sp³-hybridized carbons (Fsp3) is 0.619. The molecule has 0 aliphatic heterocycles. The Morgan fingerprint density at radius 1 is 1.11 bits per heavy atom. The highest BCUT2D eigenvalue weighted by atomic mass is 35.5. The Hall–Kier alpha value is -1.75. The molecule has 0 spiro atoms. The Morgan fingerprint density at radius 2 is 1.89 bits per heavy atom. The molecule has 5 nitrogen and oxygen atoms in total. The molecule has 3 amide bonds. The smallest absolute Gasteiger partial charge is 0.315 e. The van der Waals surface area contributed by atoms with Crippen molar-refractivity contribution in [2.75, 3.05) is 7.05 Å². The molecule has 0 aromatic heterocycles. The average Bonchev–Trinajstić information content (AvgIpc) is 3.20. The minimum absolute atomic E-state index is 0.00684. The van der Waals surface area contributed by atoms with Crippen LogP contribution in [0.2, 0.25) is 5.02 Å². The van der Waals surface area contributed by atoms with Crippen LogP contribution in [0.5, 0.6) is 0 Å². The molecule has 2 fully saturated rings. The van der Waals surface area contributed by atoms with E-state index in [2.05, 4.69) is 16.0 Å². The summed E-state index contributed by atoms with van der Waals surface area (Å²) in [6.45, 7) is 0. The van der Waals surface area contributed by atoms with Crippen LogP contribution in [0, 0.1) is 11.8 Å². The first-order valence-electron chi connectivity index (χ1n) is 10.1. The van der Waals surface area contributed by atoms with Gasteiger partial charge in [0.25, 0.3) is 0 Å². The van der Waals surface area contributed by atoms with Gasteiger partial charge in [-0.2, -0.15) is 0 Å². The van der Waals surface area contributed by atoms with Crippen molar-refractivity contribution < 1.29 is 9.59 Å². The van der Waals surface area contributed by atoms with E-state index >= 15 is 0 Å². The number of halogens is 1. The van der Waals surface area contributed by atoms with E-state index in [-0.39, 0.29) is 29.9 Å². The molecule has 3 N–H and O–H groups in total. The molecule has 1 aromatic carbocycles. The lowest BCUT2D eigenvalue weighted by Crippen LogP contribution is -2.47. The molecule has 0 bridgehead atoms. The molecule has 2 aliphatic carbocycles. The number of nitrogens with one attached hydrogen (secondary N) is 3. The van der Waals surface area contributed by atoms with Gasteiger partial charge in [0, 0.05) is 24.0 Å². The van der Waals surface area contributed by atoms with E-state index in [1.54, 1.807) is 7.05 Å². The normalized spacial score (nSPS) is 24.2. The first-order chi connectivity index (χ1) is 13.1. The lowest BCUT2D eigenvalue weighted by molar-refractivity contribution is -0.125. The van der Waals surface area contributed by atoms with E-state index in [4.69, 9.17) is 11.6 Å². The van der Waals surface area contributed by atoms with Crippen LogP contribution in [0.15, 0.2) is 24.3 Å². The molecule has 0 radical (unpaired) electrons. The minimum atomic E-state index is -0.144. The number of carbonyl (C=O) groups excluding carboxylic acids is 2. The summed E-state index contributed by atoms with van der Waals surface area (Å²) in [5, 5.41) is 9.72. The average molecular weight is 392 g/mol. The SMILES string of the molecule is CNC(=O)C1CCCC(NC(=O)NC(c2cccc(Cl)c2)C2CCCC2)C1. The van der Waals surface area contributed by atoms with Gasteiger partial charge in [-0.15, -0.1) is 0 Å².